The largest absolute Gasteiger partial charge is 0.384 e. The molecule has 0 bridgehead atoms. The maximum absolute atomic E-state index is 5.52. The summed E-state index contributed by atoms with van der Waals surface area (Å²) in [6.45, 7) is 0.761. The Morgan fingerprint density at radius 3 is 3.00 bits per heavy atom. The summed E-state index contributed by atoms with van der Waals surface area (Å²) < 4.78 is 0. The van der Waals surface area contributed by atoms with E-state index in [1.165, 1.54) is 0 Å². The smallest absolute Gasteiger partial charge is 0.224 e. The van der Waals surface area contributed by atoms with E-state index >= 15 is 0 Å². The normalized spacial score (nSPS) is 10.1. The zero-order chi connectivity index (χ0) is 10.5. The molecule has 0 aromatic carbocycles. The molecule has 0 saturated heterocycles. The lowest BCUT2D eigenvalue weighted by Crippen LogP contribution is -2.08. The first-order valence-electron chi connectivity index (χ1n) is 4.55. The van der Waals surface area contributed by atoms with Crippen LogP contribution in [-0.2, 0) is 6.42 Å². The zero-order valence-corrected chi connectivity index (χ0v) is 8.87. The molecule has 0 spiro atoms. The second-order valence-corrected chi connectivity index (χ2v) is 3.89. The van der Waals surface area contributed by atoms with Crippen LogP contribution in [0.1, 0.15) is 5.01 Å². The number of thiazole rings is 1. The Kier molecular flexibility index (Phi) is 3.08. The second kappa shape index (κ2) is 4.70. The van der Waals surface area contributed by atoms with Crippen LogP contribution in [0.3, 0.4) is 0 Å². The lowest BCUT2D eigenvalue weighted by Gasteiger charge is -2.02. The summed E-state index contributed by atoms with van der Waals surface area (Å²) in [7, 11) is 0. The van der Waals surface area contributed by atoms with Crippen molar-refractivity contribution in [2.24, 2.45) is 0 Å². The van der Waals surface area contributed by atoms with Gasteiger partial charge in [0.25, 0.3) is 0 Å². The molecule has 0 radical (unpaired) electrons. The summed E-state index contributed by atoms with van der Waals surface area (Å²) in [5.41, 5.74) is 5.52. The van der Waals surface area contributed by atoms with E-state index in [0.717, 1.165) is 18.0 Å². The number of aromatic nitrogens is 3. The standard InChI is InChI=1S/C9H11N5S/c10-7-1-3-12-9(14-7)13-4-2-8-11-5-6-15-8/h1,3,5-6H,2,4H2,(H3,10,12,13,14). The maximum atomic E-state index is 5.52. The molecular weight excluding hydrogens is 210 g/mol. The van der Waals surface area contributed by atoms with Crippen LogP contribution in [0, 0.1) is 0 Å². The van der Waals surface area contributed by atoms with Gasteiger partial charge < -0.3 is 11.1 Å². The molecule has 3 N–H and O–H groups in total. The number of nitrogen functional groups attached to an aromatic ring is 1. The molecule has 2 aromatic heterocycles. The molecule has 5 nitrogen and oxygen atoms in total. The molecule has 6 heteroatoms. The van der Waals surface area contributed by atoms with Crippen LogP contribution < -0.4 is 11.1 Å². The van der Waals surface area contributed by atoms with Crippen molar-refractivity contribution < 1.29 is 0 Å². The monoisotopic (exact) mass is 221 g/mol. The molecule has 78 valence electrons. The lowest BCUT2D eigenvalue weighted by atomic mass is 10.4. The summed E-state index contributed by atoms with van der Waals surface area (Å²) in [6.07, 6.45) is 4.31. The first-order chi connectivity index (χ1) is 7.34. The van der Waals surface area contributed by atoms with Crippen LogP contribution in [-0.4, -0.2) is 21.5 Å². The van der Waals surface area contributed by atoms with Crippen LogP contribution in [0.5, 0.6) is 0 Å². The summed E-state index contributed by atoms with van der Waals surface area (Å²) in [5, 5.41) is 6.16. The average molecular weight is 221 g/mol. The van der Waals surface area contributed by atoms with Gasteiger partial charge in [0.2, 0.25) is 5.95 Å². The predicted molar refractivity (Wildman–Crippen MR) is 60.8 cm³/mol. The summed E-state index contributed by atoms with van der Waals surface area (Å²) in [6, 6.07) is 1.66. The van der Waals surface area contributed by atoms with Crippen LogP contribution in [0.25, 0.3) is 0 Å². The van der Waals surface area contributed by atoms with Crippen molar-refractivity contribution in [3.05, 3.63) is 28.8 Å². The Morgan fingerprint density at radius 1 is 1.33 bits per heavy atom. The van der Waals surface area contributed by atoms with Crippen LogP contribution in [0.4, 0.5) is 11.8 Å². The highest BCUT2D eigenvalue weighted by molar-refractivity contribution is 7.09. The molecule has 0 atom stereocenters. The van der Waals surface area contributed by atoms with E-state index in [1.807, 2.05) is 5.38 Å². The Morgan fingerprint density at radius 2 is 2.27 bits per heavy atom. The van der Waals surface area contributed by atoms with Gasteiger partial charge in [-0.3, -0.25) is 0 Å². The quantitative estimate of drug-likeness (QED) is 0.810. The van der Waals surface area contributed by atoms with Gasteiger partial charge in [-0.25, -0.2) is 9.97 Å². The molecule has 2 heterocycles. The molecule has 0 aliphatic rings. The first-order valence-corrected chi connectivity index (χ1v) is 5.43. The van der Waals surface area contributed by atoms with Gasteiger partial charge in [-0.15, -0.1) is 11.3 Å². The highest BCUT2D eigenvalue weighted by Crippen LogP contribution is 2.05. The Bertz CT molecular complexity index is 414. The minimum Gasteiger partial charge on any atom is -0.384 e. The van der Waals surface area contributed by atoms with Crippen molar-refractivity contribution in [3.8, 4) is 0 Å². The minimum absolute atomic E-state index is 0.474. The number of hydrogen-bond donors (Lipinski definition) is 2. The second-order valence-electron chi connectivity index (χ2n) is 2.91. The van der Waals surface area contributed by atoms with E-state index in [1.54, 1.807) is 29.8 Å². The van der Waals surface area contributed by atoms with Crippen LogP contribution >= 0.6 is 11.3 Å². The average Bonchev–Trinajstić information content (AvgIpc) is 2.71. The van der Waals surface area contributed by atoms with Gasteiger partial charge in [-0.1, -0.05) is 0 Å². The Labute approximate surface area is 91.4 Å². The highest BCUT2D eigenvalue weighted by atomic mass is 32.1. The van der Waals surface area contributed by atoms with E-state index in [9.17, 15) is 0 Å². The maximum Gasteiger partial charge on any atom is 0.224 e. The van der Waals surface area contributed by atoms with Crippen molar-refractivity contribution in [2.75, 3.05) is 17.6 Å². The lowest BCUT2D eigenvalue weighted by molar-refractivity contribution is 0.971. The van der Waals surface area contributed by atoms with Crippen LogP contribution in [0.15, 0.2) is 23.8 Å². The van der Waals surface area contributed by atoms with Crippen molar-refractivity contribution in [2.45, 2.75) is 6.42 Å². The Balaban J connectivity index is 1.83. The highest BCUT2D eigenvalue weighted by Gasteiger charge is 1.97. The van der Waals surface area contributed by atoms with Crippen molar-refractivity contribution >= 4 is 23.1 Å². The number of nitrogens with zero attached hydrogens (tertiary/aromatic N) is 3. The molecular formula is C9H11N5S. The topological polar surface area (TPSA) is 76.7 Å². The molecule has 2 aromatic rings. The molecule has 0 unspecified atom stereocenters. The third-order valence-corrected chi connectivity index (χ3v) is 2.62. The summed E-state index contributed by atoms with van der Waals surface area (Å²) >= 11 is 1.64. The molecule has 15 heavy (non-hydrogen) atoms. The van der Waals surface area contributed by atoms with Crippen molar-refractivity contribution in [1.82, 2.24) is 15.0 Å². The fraction of sp³-hybridized carbons (Fsp3) is 0.222. The van der Waals surface area contributed by atoms with Gasteiger partial charge in [0, 0.05) is 30.7 Å². The molecule has 2 rings (SSSR count). The van der Waals surface area contributed by atoms with Crippen molar-refractivity contribution in [3.63, 3.8) is 0 Å². The zero-order valence-electron chi connectivity index (χ0n) is 8.05. The SMILES string of the molecule is Nc1ccnc(NCCc2nccs2)n1. The molecule has 0 amide bonds. The fourth-order valence-corrected chi connectivity index (χ4v) is 1.74. The minimum atomic E-state index is 0.474. The van der Waals surface area contributed by atoms with Gasteiger partial charge in [0.1, 0.15) is 5.82 Å². The van der Waals surface area contributed by atoms with E-state index in [0.29, 0.717) is 11.8 Å². The number of rotatable bonds is 4. The number of nitrogens with two attached hydrogens (primary N) is 1. The van der Waals surface area contributed by atoms with E-state index in [4.69, 9.17) is 5.73 Å². The third kappa shape index (κ3) is 2.88. The first kappa shape index (κ1) is 9.85. The summed E-state index contributed by atoms with van der Waals surface area (Å²) in [5.74, 6) is 1.04. The molecule has 0 aliphatic carbocycles. The van der Waals surface area contributed by atoms with Gasteiger partial charge in [-0.2, -0.15) is 4.98 Å². The summed E-state index contributed by atoms with van der Waals surface area (Å²) in [4.78, 5) is 12.2. The van der Waals surface area contributed by atoms with E-state index in [-0.39, 0.29) is 0 Å². The van der Waals surface area contributed by atoms with Gasteiger partial charge in [0.15, 0.2) is 0 Å². The van der Waals surface area contributed by atoms with Crippen LogP contribution in [0.2, 0.25) is 0 Å². The van der Waals surface area contributed by atoms with Crippen molar-refractivity contribution in [1.29, 1.82) is 0 Å². The van der Waals surface area contributed by atoms with Gasteiger partial charge in [-0.05, 0) is 6.07 Å². The number of anilines is 2. The predicted octanol–water partition coefficient (Wildman–Crippen LogP) is 1.17. The Hall–Kier alpha value is -1.69. The number of nitrogens with one attached hydrogen (secondary N) is 1. The van der Waals surface area contributed by atoms with E-state index < -0.39 is 0 Å². The third-order valence-electron chi connectivity index (χ3n) is 1.78. The van der Waals surface area contributed by atoms with E-state index in [2.05, 4.69) is 20.3 Å². The molecule has 0 aliphatic heterocycles. The van der Waals surface area contributed by atoms with Gasteiger partial charge >= 0.3 is 0 Å². The molecule has 0 saturated carbocycles. The molecule has 0 fully saturated rings. The number of hydrogen-bond acceptors (Lipinski definition) is 6. The fourth-order valence-electron chi connectivity index (χ4n) is 1.12. The van der Waals surface area contributed by atoms with Gasteiger partial charge in [0.05, 0.1) is 5.01 Å².